The molecule has 0 spiro atoms. The van der Waals surface area contributed by atoms with Crippen LogP contribution < -0.4 is 10.6 Å². The van der Waals surface area contributed by atoms with Gasteiger partial charge in [0.25, 0.3) is 0 Å². The molecule has 4 aromatic rings. The Hall–Kier alpha value is -5.40. The average molecular weight is 635 g/mol. The van der Waals surface area contributed by atoms with Gasteiger partial charge in [0.1, 0.15) is 24.7 Å². The number of carbonyl (C=O) groups is 2. The van der Waals surface area contributed by atoms with E-state index in [4.69, 9.17) is 9.47 Å². The number of hydrogen-bond acceptors (Lipinski definition) is 6. The number of phenols is 2. The van der Waals surface area contributed by atoms with Gasteiger partial charge in [0.2, 0.25) is 5.41 Å². The average Bonchev–Trinajstić information content (AvgIpc) is 2.98. The van der Waals surface area contributed by atoms with Crippen LogP contribution in [0.2, 0.25) is 0 Å². The van der Waals surface area contributed by atoms with Crippen LogP contribution in [-0.2, 0) is 28.1 Å². The van der Waals surface area contributed by atoms with E-state index >= 15 is 0 Å². The molecule has 0 saturated carbocycles. The van der Waals surface area contributed by atoms with Gasteiger partial charge in [0.05, 0.1) is 11.4 Å². The highest BCUT2D eigenvalue weighted by Gasteiger charge is 2.72. The molecule has 8 nitrogen and oxygen atoms in total. The lowest BCUT2D eigenvalue weighted by Crippen LogP contribution is -2.54. The van der Waals surface area contributed by atoms with E-state index < -0.39 is 64.0 Å². The summed E-state index contributed by atoms with van der Waals surface area (Å²) in [6.45, 7) is -0.557. The van der Waals surface area contributed by atoms with E-state index in [2.05, 4.69) is 0 Å². The van der Waals surface area contributed by atoms with Crippen molar-refractivity contribution in [2.45, 2.75) is 31.0 Å². The summed E-state index contributed by atoms with van der Waals surface area (Å²) in [5.74, 6) is -1.69. The monoisotopic (exact) mass is 634 g/mol. The minimum Gasteiger partial charge on any atom is -0.506 e. The highest BCUT2D eigenvalue weighted by atomic mass is 19.4. The van der Waals surface area contributed by atoms with Crippen LogP contribution in [0.4, 0.5) is 47.3 Å². The highest BCUT2D eigenvalue weighted by Crippen LogP contribution is 2.57. The maximum Gasteiger partial charge on any atom is 0.412 e. The van der Waals surface area contributed by atoms with Crippen molar-refractivity contribution in [1.82, 2.24) is 0 Å². The Balaban J connectivity index is 1.69. The molecule has 0 aliphatic carbocycles. The first-order chi connectivity index (χ1) is 21.2. The number of benzene rings is 4. The third kappa shape index (κ3) is 7.22. The highest BCUT2D eigenvalue weighted by molar-refractivity contribution is 5.88. The van der Waals surface area contributed by atoms with Crippen LogP contribution in [0, 0.1) is 0 Å². The molecule has 4 aromatic carbocycles. The summed E-state index contributed by atoms with van der Waals surface area (Å²) in [6, 6.07) is 18.9. The molecule has 0 heterocycles. The van der Waals surface area contributed by atoms with Crippen molar-refractivity contribution >= 4 is 23.6 Å². The minimum atomic E-state index is -6.07. The Morgan fingerprint density at radius 1 is 0.578 bits per heavy atom. The summed E-state index contributed by atoms with van der Waals surface area (Å²) in [5, 5.41) is 24.3. The molecular formula is C31H24F6N2O6. The lowest BCUT2D eigenvalue weighted by atomic mass is 9.72. The van der Waals surface area contributed by atoms with Gasteiger partial charge in [0.15, 0.2) is 0 Å². The van der Waals surface area contributed by atoms with Crippen molar-refractivity contribution in [3.8, 4) is 11.5 Å². The van der Waals surface area contributed by atoms with E-state index in [0.29, 0.717) is 47.5 Å². The zero-order valence-corrected chi connectivity index (χ0v) is 22.9. The SMILES string of the molecule is O=C(Nc1cc(C(c2ccc(O)c(NC(=O)OCc3ccccc3)c2)(C(F)(F)F)C(F)(F)F)ccc1O)OCc1ccccc1. The Kier molecular flexibility index (Phi) is 9.45. The molecule has 0 aliphatic heterocycles. The molecule has 0 aromatic heterocycles. The van der Waals surface area contributed by atoms with Crippen molar-refractivity contribution in [2.24, 2.45) is 0 Å². The predicted molar refractivity (Wildman–Crippen MR) is 150 cm³/mol. The topological polar surface area (TPSA) is 117 Å². The number of nitrogens with one attached hydrogen (secondary N) is 2. The van der Waals surface area contributed by atoms with Crippen molar-refractivity contribution < 1.29 is 55.6 Å². The number of alkyl halides is 6. The Bertz CT molecular complexity index is 1520. The predicted octanol–water partition coefficient (Wildman–Crippen LogP) is 8.01. The van der Waals surface area contributed by atoms with E-state index in [1.807, 2.05) is 10.6 Å². The second-order valence-electron chi connectivity index (χ2n) is 9.58. The molecular weight excluding hydrogens is 610 g/mol. The van der Waals surface area contributed by atoms with Gasteiger partial charge in [-0.2, -0.15) is 26.3 Å². The number of hydrogen-bond donors (Lipinski definition) is 4. The van der Waals surface area contributed by atoms with E-state index in [9.17, 15) is 46.1 Å². The van der Waals surface area contributed by atoms with Crippen molar-refractivity contribution in [3.05, 3.63) is 119 Å². The summed E-state index contributed by atoms with van der Waals surface area (Å²) in [7, 11) is 0. The number of phenolic OH excluding ortho intramolecular Hbond substituents is 2. The Morgan fingerprint density at radius 2 is 0.933 bits per heavy atom. The van der Waals surface area contributed by atoms with Crippen LogP contribution in [0.3, 0.4) is 0 Å². The molecule has 2 amide bonds. The number of aromatic hydroxyl groups is 2. The van der Waals surface area contributed by atoms with Crippen molar-refractivity contribution in [2.75, 3.05) is 10.6 Å². The number of rotatable bonds is 8. The molecule has 0 radical (unpaired) electrons. The molecule has 4 rings (SSSR count). The van der Waals surface area contributed by atoms with E-state index in [1.54, 1.807) is 60.7 Å². The lowest BCUT2D eigenvalue weighted by Gasteiger charge is -2.38. The van der Waals surface area contributed by atoms with Crippen LogP contribution in [0.5, 0.6) is 11.5 Å². The second kappa shape index (κ2) is 13.1. The molecule has 14 heteroatoms. The maximum absolute atomic E-state index is 14.8. The first kappa shape index (κ1) is 32.5. The smallest absolute Gasteiger partial charge is 0.412 e. The van der Waals surface area contributed by atoms with Gasteiger partial charge in [0, 0.05) is 0 Å². The van der Waals surface area contributed by atoms with E-state index in [1.165, 1.54) is 0 Å². The van der Waals surface area contributed by atoms with Crippen LogP contribution in [0.15, 0.2) is 97.1 Å². The maximum atomic E-state index is 14.8. The van der Waals surface area contributed by atoms with E-state index in [-0.39, 0.29) is 13.2 Å². The second-order valence-corrected chi connectivity index (χ2v) is 9.58. The van der Waals surface area contributed by atoms with Gasteiger partial charge in [-0.25, -0.2) is 9.59 Å². The number of anilines is 2. The zero-order valence-electron chi connectivity index (χ0n) is 22.9. The van der Waals surface area contributed by atoms with Gasteiger partial charge < -0.3 is 19.7 Å². The molecule has 45 heavy (non-hydrogen) atoms. The normalized spacial score (nSPS) is 11.9. The molecule has 0 bridgehead atoms. The molecule has 0 unspecified atom stereocenters. The van der Waals surface area contributed by atoms with Crippen LogP contribution >= 0.6 is 0 Å². The van der Waals surface area contributed by atoms with Gasteiger partial charge in [-0.15, -0.1) is 0 Å². The number of halogens is 6. The van der Waals surface area contributed by atoms with Crippen LogP contribution in [0.1, 0.15) is 22.3 Å². The fourth-order valence-electron chi connectivity index (χ4n) is 4.46. The molecule has 236 valence electrons. The van der Waals surface area contributed by atoms with Gasteiger partial charge >= 0.3 is 24.5 Å². The van der Waals surface area contributed by atoms with Crippen LogP contribution in [-0.4, -0.2) is 34.8 Å². The molecule has 0 aliphatic rings. The van der Waals surface area contributed by atoms with Crippen molar-refractivity contribution in [3.63, 3.8) is 0 Å². The summed E-state index contributed by atoms with van der Waals surface area (Å²) in [6.07, 6.45) is -14.7. The van der Waals surface area contributed by atoms with Gasteiger partial charge in [-0.1, -0.05) is 72.8 Å². The van der Waals surface area contributed by atoms with Gasteiger partial charge in [-0.3, -0.25) is 10.6 Å². The first-order valence-corrected chi connectivity index (χ1v) is 13.0. The summed E-state index contributed by atoms with van der Waals surface area (Å²) >= 11 is 0. The van der Waals surface area contributed by atoms with E-state index in [0.717, 1.165) is 0 Å². The van der Waals surface area contributed by atoms with Crippen LogP contribution in [0.25, 0.3) is 0 Å². The minimum absolute atomic E-state index is 0.279. The van der Waals surface area contributed by atoms with Gasteiger partial charge in [-0.05, 0) is 46.5 Å². The Labute approximate surface area is 251 Å². The zero-order chi connectivity index (χ0) is 32.8. The summed E-state index contributed by atoms with van der Waals surface area (Å²) in [5.41, 5.74) is -8.17. The van der Waals surface area contributed by atoms with Crippen molar-refractivity contribution in [1.29, 1.82) is 0 Å². The molecule has 4 N–H and O–H groups in total. The summed E-state index contributed by atoms with van der Waals surface area (Å²) < 4.78 is 98.6. The fourth-order valence-corrected chi connectivity index (χ4v) is 4.46. The Morgan fingerprint density at radius 3 is 1.27 bits per heavy atom. The number of ether oxygens (including phenoxy) is 2. The molecule has 0 saturated heterocycles. The number of amides is 2. The third-order valence-corrected chi connectivity index (χ3v) is 6.61. The molecule has 0 fully saturated rings. The number of carbonyl (C=O) groups excluding carboxylic acids is 2. The third-order valence-electron chi connectivity index (χ3n) is 6.61. The quantitative estimate of drug-likeness (QED) is 0.115. The first-order valence-electron chi connectivity index (χ1n) is 13.0. The lowest BCUT2D eigenvalue weighted by molar-refractivity contribution is -0.288. The standard InChI is InChI=1S/C31H24F6N2O6/c32-30(33,34)29(31(35,36)37,21-11-13-25(40)23(15-21)38-27(42)44-17-19-7-3-1-4-8-19)22-12-14-26(41)24(16-22)39-28(43)45-18-20-9-5-2-6-10-20/h1-16,40-41H,17-18H2,(H,38,42)(H,39,43). The molecule has 0 atom stereocenters. The largest absolute Gasteiger partial charge is 0.506 e. The fraction of sp³-hybridized carbons (Fsp3) is 0.161. The summed E-state index contributed by atoms with van der Waals surface area (Å²) in [4.78, 5) is 24.6.